The van der Waals surface area contributed by atoms with Crippen LogP contribution in [-0.4, -0.2) is 60.1 Å². The lowest BCUT2D eigenvalue weighted by Crippen LogP contribution is -2.49. The van der Waals surface area contributed by atoms with Gasteiger partial charge in [-0.05, 0) is 62.7 Å². The molecule has 0 aromatic carbocycles. The van der Waals surface area contributed by atoms with Gasteiger partial charge in [0.15, 0.2) is 0 Å². The van der Waals surface area contributed by atoms with E-state index >= 15 is 0 Å². The van der Waals surface area contributed by atoms with Gasteiger partial charge in [0.25, 0.3) is 0 Å². The van der Waals surface area contributed by atoms with Crippen molar-refractivity contribution in [2.45, 2.75) is 43.7 Å². The highest BCUT2D eigenvalue weighted by molar-refractivity contribution is 7.10. The number of nitrogens with zero attached hydrogens (tertiary/aromatic N) is 2. The first-order valence-electron chi connectivity index (χ1n) is 9.13. The van der Waals surface area contributed by atoms with Crippen molar-refractivity contribution in [1.82, 2.24) is 9.80 Å². The summed E-state index contributed by atoms with van der Waals surface area (Å²) in [6, 6.07) is 4.69. The van der Waals surface area contributed by atoms with Gasteiger partial charge in [-0.1, -0.05) is 6.07 Å². The topological polar surface area (TPSA) is 32.8 Å². The Morgan fingerprint density at radius 3 is 3.00 bits per heavy atom. The molecule has 130 valence electrons. The maximum atomic E-state index is 12.5. The van der Waals surface area contributed by atoms with Gasteiger partial charge in [0.05, 0.1) is 12.1 Å². The molecule has 0 N–H and O–H groups in total. The van der Waals surface area contributed by atoms with E-state index in [4.69, 9.17) is 4.74 Å². The number of hydrogen-bond acceptors (Lipinski definition) is 4. The van der Waals surface area contributed by atoms with Gasteiger partial charge in [-0.3, -0.25) is 4.79 Å². The Morgan fingerprint density at radius 1 is 1.33 bits per heavy atom. The molecule has 4 nitrogen and oxygen atoms in total. The van der Waals surface area contributed by atoms with E-state index in [0.717, 1.165) is 43.8 Å². The Morgan fingerprint density at radius 2 is 2.21 bits per heavy atom. The molecule has 1 spiro atoms. The number of amides is 1. The number of hydrogen-bond donors (Lipinski definition) is 0. The van der Waals surface area contributed by atoms with Gasteiger partial charge < -0.3 is 14.5 Å². The molecule has 3 aliphatic rings. The lowest BCUT2D eigenvalue weighted by atomic mass is 9.89. The van der Waals surface area contributed by atoms with Crippen LogP contribution in [0, 0.1) is 0 Å². The molecular weight excluding hydrogens is 320 g/mol. The molecule has 4 rings (SSSR count). The summed E-state index contributed by atoms with van der Waals surface area (Å²) in [4.78, 5) is 18.2. The summed E-state index contributed by atoms with van der Waals surface area (Å²) in [5.41, 5.74) is -0.0993. The SMILES string of the molecule is O=C(/C=C/c1cccs1)N1CC[C@@]2(C[C@@H](N3CCCC3)CCO2)C1. The molecule has 0 aliphatic carbocycles. The Bertz CT molecular complexity index is 595. The summed E-state index contributed by atoms with van der Waals surface area (Å²) in [7, 11) is 0. The van der Waals surface area contributed by atoms with E-state index in [9.17, 15) is 4.79 Å². The Labute approximate surface area is 148 Å². The second-order valence-electron chi connectivity index (χ2n) is 7.28. The molecule has 5 heteroatoms. The molecule has 0 unspecified atom stereocenters. The zero-order valence-corrected chi connectivity index (χ0v) is 15.0. The van der Waals surface area contributed by atoms with Crippen LogP contribution in [0.4, 0.5) is 0 Å². The molecule has 3 saturated heterocycles. The molecule has 1 amide bonds. The van der Waals surface area contributed by atoms with Crippen LogP contribution in [0.15, 0.2) is 23.6 Å². The number of likely N-dealkylation sites (tertiary alicyclic amines) is 2. The molecule has 0 saturated carbocycles. The molecular formula is C19H26N2O2S. The fourth-order valence-corrected chi connectivity index (χ4v) is 5.00. The molecule has 2 atom stereocenters. The molecule has 1 aromatic rings. The highest BCUT2D eigenvalue weighted by Gasteiger charge is 2.45. The van der Waals surface area contributed by atoms with E-state index in [0.29, 0.717) is 6.04 Å². The van der Waals surface area contributed by atoms with E-state index in [-0.39, 0.29) is 11.5 Å². The highest BCUT2D eigenvalue weighted by Crippen LogP contribution is 2.37. The zero-order valence-electron chi connectivity index (χ0n) is 14.2. The zero-order chi connectivity index (χ0) is 16.4. The van der Waals surface area contributed by atoms with Crippen LogP contribution in [0.3, 0.4) is 0 Å². The first kappa shape index (κ1) is 16.3. The van der Waals surface area contributed by atoms with Gasteiger partial charge >= 0.3 is 0 Å². The third kappa shape index (κ3) is 3.44. The van der Waals surface area contributed by atoms with Crippen molar-refractivity contribution in [1.29, 1.82) is 0 Å². The average molecular weight is 346 g/mol. The quantitative estimate of drug-likeness (QED) is 0.789. The van der Waals surface area contributed by atoms with Gasteiger partial charge in [-0.25, -0.2) is 0 Å². The number of carbonyl (C=O) groups excluding carboxylic acids is 1. The summed E-state index contributed by atoms with van der Waals surface area (Å²) in [6.45, 7) is 4.90. The summed E-state index contributed by atoms with van der Waals surface area (Å²) in [5, 5.41) is 2.03. The monoisotopic (exact) mass is 346 g/mol. The lowest BCUT2D eigenvalue weighted by molar-refractivity contribution is -0.129. The predicted molar refractivity (Wildman–Crippen MR) is 97.1 cm³/mol. The molecule has 24 heavy (non-hydrogen) atoms. The van der Waals surface area contributed by atoms with Crippen molar-refractivity contribution in [2.24, 2.45) is 0 Å². The van der Waals surface area contributed by atoms with E-state index in [2.05, 4.69) is 4.90 Å². The van der Waals surface area contributed by atoms with Crippen LogP contribution in [0.1, 0.15) is 37.0 Å². The first-order chi connectivity index (χ1) is 11.7. The van der Waals surface area contributed by atoms with E-state index in [1.54, 1.807) is 17.4 Å². The molecule has 3 fully saturated rings. The minimum Gasteiger partial charge on any atom is -0.373 e. The van der Waals surface area contributed by atoms with Crippen LogP contribution < -0.4 is 0 Å². The molecule has 3 aliphatic heterocycles. The van der Waals surface area contributed by atoms with Gasteiger partial charge in [0.2, 0.25) is 5.91 Å². The third-order valence-electron chi connectivity index (χ3n) is 5.69. The number of rotatable bonds is 3. The fraction of sp³-hybridized carbons (Fsp3) is 0.632. The largest absolute Gasteiger partial charge is 0.373 e. The van der Waals surface area contributed by atoms with E-state index in [1.165, 1.54) is 25.9 Å². The second kappa shape index (κ2) is 6.98. The number of carbonyl (C=O) groups is 1. The van der Waals surface area contributed by atoms with Gasteiger partial charge in [0.1, 0.15) is 0 Å². The first-order valence-corrected chi connectivity index (χ1v) is 10.0. The van der Waals surface area contributed by atoms with Gasteiger partial charge in [-0.2, -0.15) is 0 Å². The molecule has 4 heterocycles. The fourth-order valence-electron chi connectivity index (χ4n) is 4.38. The normalized spacial score (nSPS) is 31.5. The standard InChI is InChI=1S/C19H26N2O2S/c22-18(6-5-17-4-3-13-24-17)21-11-8-19(15-21)14-16(7-12-23-19)20-9-1-2-10-20/h3-6,13,16H,1-2,7-12,14-15H2/b6-5+/t16-,19+/m0/s1. The van der Waals surface area contributed by atoms with Crippen molar-refractivity contribution < 1.29 is 9.53 Å². The smallest absolute Gasteiger partial charge is 0.246 e. The second-order valence-corrected chi connectivity index (χ2v) is 8.26. The van der Waals surface area contributed by atoms with Crippen molar-refractivity contribution in [3.05, 3.63) is 28.5 Å². The minimum absolute atomic E-state index is 0.0993. The van der Waals surface area contributed by atoms with E-state index in [1.807, 2.05) is 28.5 Å². The van der Waals surface area contributed by atoms with Gasteiger partial charge in [-0.15, -0.1) is 11.3 Å². The maximum Gasteiger partial charge on any atom is 0.246 e. The maximum absolute atomic E-state index is 12.5. The third-order valence-corrected chi connectivity index (χ3v) is 6.52. The van der Waals surface area contributed by atoms with Crippen LogP contribution in [0.2, 0.25) is 0 Å². The summed E-state index contributed by atoms with van der Waals surface area (Å²) >= 11 is 1.66. The van der Waals surface area contributed by atoms with Crippen molar-refractivity contribution in [2.75, 3.05) is 32.8 Å². The molecule has 0 bridgehead atoms. The highest BCUT2D eigenvalue weighted by atomic mass is 32.1. The van der Waals surface area contributed by atoms with Crippen molar-refractivity contribution in [3.63, 3.8) is 0 Å². The Balaban J connectivity index is 1.37. The summed E-state index contributed by atoms with van der Waals surface area (Å²) < 4.78 is 6.20. The molecule has 0 radical (unpaired) electrons. The average Bonchev–Trinajstić information content (AvgIpc) is 3.35. The Kier molecular flexibility index (Phi) is 4.74. The van der Waals surface area contributed by atoms with Crippen molar-refractivity contribution in [3.8, 4) is 0 Å². The minimum atomic E-state index is -0.0993. The lowest BCUT2D eigenvalue weighted by Gasteiger charge is -2.41. The Hall–Kier alpha value is -1.17. The summed E-state index contributed by atoms with van der Waals surface area (Å²) in [5.74, 6) is 0.118. The van der Waals surface area contributed by atoms with Crippen molar-refractivity contribution >= 4 is 23.3 Å². The van der Waals surface area contributed by atoms with Crippen LogP contribution >= 0.6 is 11.3 Å². The van der Waals surface area contributed by atoms with Gasteiger partial charge in [0, 0.05) is 30.1 Å². The van der Waals surface area contributed by atoms with E-state index < -0.39 is 0 Å². The number of ether oxygens (including phenoxy) is 1. The van der Waals surface area contributed by atoms with Crippen LogP contribution in [-0.2, 0) is 9.53 Å². The predicted octanol–water partition coefficient (Wildman–Crippen LogP) is 3.01. The van der Waals surface area contributed by atoms with Crippen LogP contribution in [0.25, 0.3) is 6.08 Å². The van der Waals surface area contributed by atoms with Crippen LogP contribution in [0.5, 0.6) is 0 Å². The number of thiophene rings is 1. The molecule has 1 aromatic heterocycles. The summed E-state index contributed by atoms with van der Waals surface area (Å²) in [6.07, 6.45) is 9.53.